The quantitative estimate of drug-likeness (QED) is 0.535. The number of nitrogens with zero attached hydrogens (tertiary/aromatic N) is 1. The van der Waals surface area contributed by atoms with Crippen LogP contribution in [0.2, 0.25) is 6.82 Å². The highest BCUT2D eigenvalue weighted by atomic mass is 16.3. The van der Waals surface area contributed by atoms with Crippen molar-refractivity contribution in [2.24, 2.45) is 0 Å². The Bertz CT molecular complexity index is 202. The molecule has 45 valence electrons. The van der Waals surface area contributed by atoms with Gasteiger partial charge >= 0.3 is 0 Å². The van der Waals surface area contributed by atoms with Gasteiger partial charge in [-0.3, -0.25) is 4.98 Å². The minimum atomic E-state index is 0.236. The molecule has 0 aliphatic heterocycles. The molecule has 1 radical (unpaired) electrons. The van der Waals surface area contributed by atoms with Gasteiger partial charge < -0.3 is 5.11 Å². The number of hydrogen-bond donors (Lipinski definition) is 1. The number of hydrogen-bond acceptors (Lipinski definition) is 2. The number of rotatable bonds is 1. The Balaban J connectivity index is 3.01. The molecule has 1 heterocycles. The summed E-state index contributed by atoms with van der Waals surface area (Å²) in [4.78, 5) is 3.89. The van der Waals surface area contributed by atoms with Gasteiger partial charge in [-0.15, -0.1) is 0 Å². The van der Waals surface area contributed by atoms with Crippen LogP contribution in [0.4, 0.5) is 0 Å². The van der Waals surface area contributed by atoms with E-state index in [9.17, 15) is 0 Å². The molecule has 0 fully saturated rings. The molecule has 0 unspecified atom stereocenters. The van der Waals surface area contributed by atoms with Gasteiger partial charge in [-0.1, -0.05) is 6.82 Å². The third-order valence-corrected chi connectivity index (χ3v) is 1.09. The third kappa shape index (κ3) is 1.22. The molecule has 0 aromatic carbocycles. The van der Waals surface area contributed by atoms with E-state index >= 15 is 0 Å². The first-order valence-electron chi connectivity index (χ1n) is 2.78. The molecule has 0 aliphatic carbocycles. The van der Waals surface area contributed by atoms with E-state index in [0.717, 1.165) is 0 Å². The molecule has 0 bridgehead atoms. The third-order valence-electron chi connectivity index (χ3n) is 1.09. The van der Waals surface area contributed by atoms with Crippen LogP contribution < -0.4 is 5.59 Å². The second-order valence-corrected chi connectivity index (χ2v) is 1.70. The second kappa shape index (κ2) is 2.53. The smallest absolute Gasteiger partial charge is 0.179 e. The summed E-state index contributed by atoms with van der Waals surface area (Å²) in [6.45, 7) is 1.84. The molecule has 0 saturated carbocycles. The number of aromatic hydroxyl groups is 1. The fourth-order valence-corrected chi connectivity index (χ4v) is 0.631. The highest BCUT2D eigenvalue weighted by Gasteiger charge is 1.95. The molecule has 3 heteroatoms. The predicted molar refractivity (Wildman–Crippen MR) is 37.2 cm³/mol. The van der Waals surface area contributed by atoms with Crippen LogP contribution in [0.15, 0.2) is 18.3 Å². The Morgan fingerprint density at radius 1 is 1.67 bits per heavy atom. The second-order valence-electron chi connectivity index (χ2n) is 1.70. The molecule has 2 nitrogen and oxygen atoms in total. The van der Waals surface area contributed by atoms with Crippen molar-refractivity contribution < 1.29 is 5.11 Å². The maximum Gasteiger partial charge on any atom is 0.179 e. The number of pyridine rings is 1. The van der Waals surface area contributed by atoms with Crippen LogP contribution >= 0.6 is 0 Å². The average Bonchev–Trinajstić information content (AvgIpc) is 1.89. The summed E-state index contributed by atoms with van der Waals surface area (Å²) >= 11 is 0. The Morgan fingerprint density at radius 2 is 2.44 bits per heavy atom. The Hall–Kier alpha value is -0.985. The summed E-state index contributed by atoms with van der Waals surface area (Å²) in [7, 11) is 1.76. The molecule has 0 saturated heterocycles. The maximum atomic E-state index is 9.02. The molecule has 1 aromatic heterocycles. The van der Waals surface area contributed by atoms with Gasteiger partial charge in [0.05, 0.1) is 0 Å². The van der Waals surface area contributed by atoms with E-state index in [-0.39, 0.29) is 5.75 Å². The van der Waals surface area contributed by atoms with Gasteiger partial charge in [0.25, 0.3) is 0 Å². The van der Waals surface area contributed by atoms with Crippen LogP contribution in [0.25, 0.3) is 0 Å². The molecule has 0 aliphatic rings. The van der Waals surface area contributed by atoms with Gasteiger partial charge in [0.1, 0.15) is 5.75 Å². The van der Waals surface area contributed by atoms with E-state index in [0.29, 0.717) is 5.59 Å². The molecule has 0 amide bonds. The van der Waals surface area contributed by atoms with Crippen LogP contribution in [-0.4, -0.2) is 17.4 Å². The minimum absolute atomic E-state index is 0.236. The van der Waals surface area contributed by atoms with E-state index in [1.165, 1.54) is 0 Å². The zero-order valence-corrected chi connectivity index (χ0v) is 5.20. The normalized spacial score (nSPS) is 9.00. The van der Waals surface area contributed by atoms with E-state index in [4.69, 9.17) is 5.11 Å². The van der Waals surface area contributed by atoms with Crippen molar-refractivity contribution in [2.45, 2.75) is 6.82 Å². The van der Waals surface area contributed by atoms with E-state index in [2.05, 4.69) is 4.98 Å². The summed E-state index contributed by atoms with van der Waals surface area (Å²) < 4.78 is 0. The van der Waals surface area contributed by atoms with Gasteiger partial charge in [0, 0.05) is 11.8 Å². The molecular weight excluding hydrogens is 113 g/mol. The summed E-state index contributed by atoms with van der Waals surface area (Å²) in [6, 6.07) is 3.31. The van der Waals surface area contributed by atoms with Crippen molar-refractivity contribution in [1.82, 2.24) is 4.98 Å². The molecular formula is C6H7BNO. The topological polar surface area (TPSA) is 33.1 Å². The van der Waals surface area contributed by atoms with E-state index in [1.54, 1.807) is 25.6 Å². The fourth-order valence-electron chi connectivity index (χ4n) is 0.631. The van der Waals surface area contributed by atoms with Crippen LogP contribution in [0.1, 0.15) is 0 Å². The zero-order chi connectivity index (χ0) is 6.69. The number of aromatic nitrogens is 1. The van der Waals surface area contributed by atoms with Gasteiger partial charge in [0.2, 0.25) is 0 Å². The van der Waals surface area contributed by atoms with Crippen LogP contribution in [0.5, 0.6) is 5.75 Å². The first-order valence-corrected chi connectivity index (χ1v) is 2.78. The molecule has 1 N–H and O–H groups in total. The minimum Gasteiger partial charge on any atom is -0.507 e. The summed E-state index contributed by atoms with van der Waals surface area (Å²) in [6.07, 6.45) is 1.65. The standard InChI is InChI=1S/C6H7BNO/c1-7-6-5(9)3-2-4-8-6/h2-4,9H,1H3. The summed E-state index contributed by atoms with van der Waals surface area (Å²) in [5, 5.41) is 9.02. The van der Waals surface area contributed by atoms with Crippen LogP contribution in [0, 0.1) is 0 Å². The lowest BCUT2D eigenvalue weighted by Gasteiger charge is -1.95. The lowest BCUT2D eigenvalue weighted by atomic mass is 9.77. The van der Waals surface area contributed by atoms with Crippen molar-refractivity contribution in [1.29, 1.82) is 0 Å². The van der Waals surface area contributed by atoms with Crippen LogP contribution in [-0.2, 0) is 0 Å². The van der Waals surface area contributed by atoms with Gasteiger partial charge in [-0.05, 0) is 12.1 Å². The van der Waals surface area contributed by atoms with Gasteiger partial charge in [0.15, 0.2) is 7.28 Å². The lowest BCUT2D eigenvalue weighted by Crippen LogP contribution is -2.14. The average molecular weight is 120 g/mol. The maximum absolute atomic E-state index is 9.02. The van der Waals surface area contributed by atoms with E-state index in [1.807, 2.05) is 6.82 Å². The predicted octanol–water partition coefficient (Wildman–Crippen LogP) is 0.165. The molecule has 0 atom stereocenters. The highest BCUT2D eigenvalue weighted by Crippen LogP contribution is 1.97. The Morgan fingerprint density at radius 3 is 2.89 bits per heavy atom. The van der Waals surface area contributed by atoms with Crippen molar-refractivity contribution in [2.75, 3.05) is 0 Å². The van der Waals surface area contributed by atoms with Gasteiger partial charge in [-0.2, -0.15) is 0 Å². The summed E-state index contributed by atoms with van der Waals surface area (Å²) in [5.41, 5.74) is 0.637. The van der Waals surface area contributed by atoms with Crippen molar-refractivity contribution in [3.05, 3.63) is 18.3 Å². The van der Waals surface area contributed by atoms with Crippen molar-refractivity contribution in [3.63, 3.8) is 0 Å². The van der Waals surface area contributed by atoms with Crippen LogP contribution in [0.3, 0.4) is 0 Å². The fraction of sp³-hybridized carbons (Fsp3) is 0.167. The first kappa shape index (κ1) is 6.14. The first-order chi connectivity index (χ1) is 4.34. The summed E-state index contributed by atoms with van der Waals surface area (Å²) in [5.74, 6) is 0.236. The van der Waals surface area contributed by atoms with Crippen molar-refractivity contribution >= 4 is 12.9 Å². The monoisotopic (exact) mass is 120 g/mol. The zero-order valence-electron chi connectivity index (χ0n) is 5.20. The molecule has 1 aromatic rings. The van der Waals surface area contributed by atoms with Crippen molar-refractivity contribution in [3.8, 4) is 5.75 Å². The van der Waals surface area contributed by atoms with Gasteiger partial charge in [-0.25, -0.2) is 0 Å². The SMILES string of the molecule is C[B]c1ncccc1O. The van der Waals surface area contributed by atoms with E-state index < -0.39 is 0 Å². The molecule has 9 heavy (non-hydrogen) atoms. The molecule has 1 rings (SSSR count). The Labute approximate surface area is 54.8 Å². The molecule has 0 spiro atoms. The Kier molecular flexibility index (Phi) is 1.73. The highest BCUT2D eigenvalue weighted by molar-refractivity contribution is 6.51. The largest absolute Gasteiger partial charge is 0.507 e. The lowest BCUT2D eigenvalue weighted by molar-refractivity contribution is 0.477.